The lowest BCUT2D eigenvalue weighted by molar-refractivity contribution is -0.119. The summed E-state index contributed by atoms with van der Waals surface area (Å²) in [6, 6.07) is 8.16. The van der Waals surface area contributed by atoms with Crippen LogP contribution in [0.5, 0.6) is 17.2 Å². The van der Waals surface area contributed by atoms with Gasteiger partial charge in [-0.3, -0.25) is 19.1 Å². The molecular formula is C28H33N5O6. The Hall–Kier alpha value is -4.54. The minimum atomic E-state index is -0.421. The standard InChI is InChI=1S/C28H33N5O6/c1-15-11-24(32-33(15)3)31-25(36)14-29-21-10-8-18-19(13-22(21)35)20(30-16(2)34)9-7-17-12-23(37-4)27(38-5)28(39-6)26(17)18/h8,10-13,20H,7,9,14H2,1-6H3,(H,29,35)(H,30,34)(H,31,32,36)/t20-/m1/s1. The molecule has 3 aromatic rings. The number of rotatable bonds is 8. The van der Waals surface area contributed by atoms with Gasteiger partial charge in [-0.25, -0.2) is 0 Å². The average molecular weight is 536 g/mol. The van der Waals surface area contributed by atoms with E-state index in [4.69, 9.17) is 14.2 Å². The Morgan fingerprint density at radius 1 is 1.08 bits per heavy atom. The van der Waals surface area contributed by atoms with Crippen LogP contribution in [0.25, 0.3) is 11.1 Å². The van der Waals surface area contributed by atoms with Gasteiger partial charge in [0.25, 0.3) is 0 Å². The zero-order chi connectivity index (χ0) is 28.3. The number of fused-ring (bicyclic) bond motifs is 3. The highest BCUT2D eigenvalue weighted by Crippen LogP contribution is 2.50. The highest BCUT2D eigenvalue weighted by Gasteiger charge is 2.29. The first-order valence-corrected chi connectivity index (χ1v) is 12.5. The maximum atomic E-state index is 13.3. The number of methoxy groups -OCH3 is 3. The van der Waals surface area contributed by atoms with E-state index in [0.29, 0.717) is 47.0 Å². The molecule has 1 aliphatic carbocycles. The number of aryl methyl sites for hydroxylation is 3. The number of nitrogens with one attached hydrogen (secondary N) is 3. The van der Waals surface area contributed by atoms with Crippen LogP contribution in [0.2, 0.25) is 0 Å². The lowest BCUT2D eigenvalue weighted by Gasteiger charge is -2.19. The molecule has 4 rings (SSSR count). The SMILES string of the molecule is COc1cc2c(c(OC)c1OC)-c1ccc(NCC(=O)Nc3cc(C)n(C)n3)c(=O)cc1[C@H](NC(C)=O)CC2. The minimum absolute atomic E-state index is 0.139. The fraction of sp³-hybridized carbons (Fsp3) is 0.357. The highest BCUT2D eigenvalue weighted by molar-refractivity contribution is 5.93. The van der Waals surface area contributed by atoms with Crippen LogP contribution in [0.3, 0.4) is 0 Å². The zero-order valence-electron chi connectivity index (χ0n) is 22.9. The van der Waals surface area contributed by atoms with Gasteiger partial charge < -0.3 is 30.2 Å². The molecule has 0 fully saturated rings. The monoisotopic (exact) mass is 535 g/mol. The second-order valence-corrected chi connectivity index (χ2v) is 9.29. The second-order valence-electron chi connectivity index (χ2n) is 9.29. The third kappa shape index (κ3) is 5.66. The fourth-order valence-electron chi connectivity index (χ4n) is 4.84. The highest BCUT2D eigenvalue weighted by atomic mass is 16.5. The van der Waals surface area contributed by atoms with E-state index in [1.807, 2.05) is 13.0 Å². The lowest BCUT2D eigenvalue weighted by Crippen LogP contribution is -2.27. The summed E-state index contributed by atoms with van der Waals surface area (Å²) in [5.74, 6) is 1.29. The quantitative estimate of drug-likeness (QED) is 0.401. The molecule has 0 bridgehead atoms. The molecule has 1 heterocycles. The molecule has 206 valence electrons. The lowest BCUT2D eigenvalue weighted by atomic mass is 9.95. The van der Waals surface area contributed by atoms with Gasteiger partial charge in [0.15, 0.2) is 17.3 Å². The molecule has 39 heavy (non-hydrogen) atoms. The van der Waals surface area contributed by atoms with Crippen LogP contribution in [0.1, 0.15) is 36.2 Å². The summed E-state index contributed by atoms with van der Waals surface area (Å²) >= 11 is 0. The topological polar surface area (TPSA) is 133 Å². The predicted molar refractivity (Wildman–Crippen MR) is 148 cm³/mol. The van der Waals surface area contributed by atoms with Crippen molar-refractivity contribution in [2.24, 2.45) is 7.05 Å². The summed E-state index contributed by atoms with van der Waals surface area (Å²) in [6.45, 7) is 3.19. The maximum absolute atomic E-state index is 13.3. The van der Waals surface area contributed by atoms with Gasteiger partial charge in [0.2, 0.25) is 23.0 Å². The van der Waals surface area contributed by atoms with Crippen molar-refractivity contribution in [2.45, 2.75) is 32.7 Å². The summed E-state index contributed by atoms with van der Waals surface area (Å²) in [4.78, 5) is 38.0. The summed E-state index contributed by atoms with van der Waals surface area (Å²) in [7, 11) is 6.42. The number of anilines is 2. The Balaban J connectivity index is 1.77. The van der Waals surface area contributed by atoms with Gasteiger partial charge in [-0.2, -0.15) is 5.10 Å². The first-order chi connectivity index (χ1) is 18.7. The molecule has 0 saturated carbocycles. The van der Waals surface area contributed by atoms with Crippen molar-refractivity contribution in [3.63, 3.8) is 0 Å². The Morgan fingerprint density at radius 3 is 2.44 bits per heavy atom. The molecule has 0 saturated heterocycles. The molecule has 0 unspecified atom stereocenters. The van der Waals surface area contributed by atoms with Gasteiger partial charge in [0.1, 0.15) is 0 Å². The second kappa shape index (κ2) is 11.5. The minimum Gasteiger partial charge on any atom is -0.493 e. The number of hydrogen-bond acceptors (Lipinski definition) is 8. The van der Waals surface area contributed by atoms with Crippen LogP contribution < -0.4 is 35.6 Å². The van der Waals surface area contributed by atoms with E-state index in [1.165, 1.54) is 20.1 Å². The van der Waals surface area contributed by atoms with Crippen molar-refractivity contribution < 1.29 is 23.8 Å². The largest absolute Gasteiger partial charge is 0.493 e. The number of nitrogens with zero attached hydrogens (tertiary/aromatic N) is 2. The molecule has 2 amide bonds. The van der Waals surface area contributed by atoms with Crippen LogP contribution in [0, 0.1) is 6.92 Å². The van der Waals surface area contributed by atoms with Gasteiger partial charge in [-0.1, -0.05) is 6.07 Å². The van der Waals surface area contributed by atoms with Crippen molar-refractivity contribution in [1.29, 1.82) is 0 Å². The maximum Gasteiger partial charge on any atom is 0.244 e. The summed E-state index contributed by atoms with van der Waals surface area (Å²) in [5, 5.41) is 12.9. The van der Waals surface area contributed by atoms with Crippen molar-refractivity contribution in [3.05, 3.63) is 57.4 Å². The molecule has 11 heteroatoms. The Morgan fingerprint density at radius 2 is 1.82 bits per heavy atom. The van der Waals surface area contributed by atoms with E-state index in [0.717, 1.165) is 16.8 Å². The van der Waals surface area contributed by atoms with Crippen LogP contribution in [-0.2, 0) is 23.1 Å². The first kappa shape index (κ1) is 27.5. The molecule has 1 aliphatic rings. The molecule has 0 aliphatic heterocycles. The summed E-state index contributed by atoms with van der Waals surface area (Å²) < 4.78 is 18.6. The zero-order valence-corrected chi connectivity index (χ0v) is 22.9. The Kier molecular flexibility index (Phi) is 8.08. The molecule has 3 N–H and O–H groups in total. The number of benzene rings is 1. The van der Waals surface area contributed by atoms with Crippen molar-refractivity contribution >= 4 is 23.3 Å². The number of ether oxygens (including phenoxy) is 3. The molecule has 0 radical (unpaired) electrons. The van der Waals surface area contributed by atoms with E-state index >= 15 is 0 Å². The molecule has 1 atom stereocenters. The molecule has 0 spiro atoms. The molecular weight excluding hydrogens is 502 g/mol. The van der Waals surface area contributed by atoms with Crippen molar-refractivity contribution in [2.75, 3.05) is 38.5 Å². The van der Waals surface area contributed by atoms with E-state index < -0.39 is 6.04 Å². The summed E-state index contributed by atoms with van der Waals surface area (Å²) in [5.41, 5.74) is 3.84. The number of hydrogen-bond donors (Lipinski definition) is 3. The Bertz CT molecular complexity index is 1460. The van der Waals surface area contributed by atoms with Crippen LogP contribution in [-0.4, -0.2) is 49.5 Å². The predicted octanol–water partition coefficient (Wildman–Crippen LogP) is 2.96. The smallest absolute Gasteiger partial charge is 0.244 e. The Labute approximate surface area is 226 Å². The van der Waals surface area contributed by atoms with Crippen LogP contribution in [0.15, 0.2) is 35.1 Å². The number of amides is 2. The number of aromatic nitrogens is 2. The fourth-order valence-corrected chi connectivity index (χ4v) is 4.84. The molecule has 1 aromatic heterocycles. The third-order valence-corrected chi connectivity index (χ3v) is 6.74. The van der Waals surface area contributed by atoms with Crippen molar-refractivity contribution in [3.8, 4) is 28.4 Å². The van der Waals surface area contributed by atoms with Gasteiger partial charge in [0.05, 0.1) is 39.6 Å². The van der Waals surface area contributed by atoms with Crippen LogP contribution in [0.4, 0.5) is 11.5 Å². The van der Waals surface area contributed by atoms with E-state index in [1.54, 1.807) is 44.1 Å². The summed E-state index contributed by atoms with van der Waals surface area (Å²) in [6.07, 6.45) is 1.15. The van der Waals surface area contributed by atoms with E-state index in [2.05, 4.69) is 21.0 Å². The average Bonchev–Trinajstić information content (AvgIpc) is 3.04. The number of carbonyl (C=O) groups is 2. The number of carbonyl (C=O) groups excluding carboxylic acids is 2. The van der Waals surface area contributed by atoms with E-state index in [-0.39, 0.29) is 29.5 Å². The van der Waals surface area contributed by atoms with Gasteiger partial charge >= 0.3 is 0 Å². The van der Waals surface area contributed by atoms with Gasteiger partial charge in [-0.15, -0.1) is 0 Å². The van der Waals surface area contributed by atoms with Gasteiger partial charge in [-0.05, 0) is 54.7 Å². The molecule has 2 aromatic carbocycles. The van der Waals surface area contributed by atoms with Gasteiger partial charge in [0, 0.05) is 31.3 Å². The third-order valence-electron chi connectivity index (χ3n) is 6.74. The molecule has 11 nitrogen and oxygen atoms in total. The van der Waals surface area contributed by atoms with Crippen LogP contribution >= 0.6 is 0 Å². The first-order valence-electron chi connectivity index (χ1n) is 12.5. The normalized spacial score (nSPS) is 13.8. The van der Waals surface area contributed by atoms with Crippen molar-refractivity contribution in [1.82, 2.24) is 15.1 Å². The van der Waals surface area contributed by atoms with E-state index in [9.17, 15) is 14.4 Å².